The van der Waals surface area contributed by atoms with Gasteiger partial charge < -0.3 is 0 Å². The fourth-order valence-corrected chi connectivity index (χ4v) is 22.0. The van der Waals surface area contributed by atoms with E-state index in [9.17, 15) is 0 Å². The summed E-state index contributed by atoms with van der Waals surface area (Å²) in [5.41, 5.74) is 1.47. The molecule has 0 bridgehead atoms. The summed E-state index contributed by atoms with van der Waals surface area (Å²) < 4.78 is 14.8. The Bertz CT molecular complexity index is 472. The number of unbranched alkanes of at least 4 members (excludes halogenated alkanes) is 3. The second kappa shape index (κ2) is 11.0. The minimum absolute atomic E-state index is 0.207. The summed E-state index contributed by atoms with van der Waals surface area (Å²) in [7, 11) is 0. The third kappa shape index (κ3) is 5.47. The average Bonchev–Trinajstić information content (AvgIpc) is 3.04. The zero-order chi connectivity index (χ0) is 18.1. The van der Waals surface area contributed by atoms with Gasteiger partial charge in [0, 0.05) is 0 Å². The van der Waals surface area contributed by atoms with Crippen molar-refractivity contribution < 1.29 is 4.74 Å². The zero-order valence-electron chi connectivity index (χ0n) is 17.1. The standard InChI is InChI=1S/C9H13N2O.3C4H9.Sn/c1-8-6-10-11(7-8)9-4-2-3-5-12-9;3*1-3-4-2;/h6,9H,2-5H2,1H3;3*1,3-4H2,2H3;. The van der Waals surface area contributed by atoms with Crippen molar-refractivity contribution in [1.29, 1.82) is 0 Å². The molecule has 2 heterocycles. The van der Waals surface area contributed by atoms with E-state index in [1.54, 1.807) is 3.71 Å². The summed E-state index contributed by atoms with van der Waals surface area (Å²) in [5.74, 6) is 0. The molecule has 1 unspecified atom stereocenters. The number of ether oxygens (including phenoxy) is 1. The molecule has 0 spiro atoms. The summed E-state index contributed by atoms with van der Waals surface area (Å²) >= 11 is -2.46. The van der Waals surface area contributed by atoms with Crippen molar-refractivity contribution in [3.8, 4) is 0 Å². The summed E-state index contributed by atoms with van der Waals surface area (Å²) in [6, 6.07) is 0. The Balaban J connectivity index is 2.40. The van der Waals surface area contributed by atoms with Crippen LogP contribution in [-0.4, -0.2) is 34.8 Å². The molecule has 1 aliphatic heterocycles. The molecule has 0 aromatic carbocycles. The Hall–Kier alpha value is -0.0313. The third-order valence-corrected chi connectivity index (χ3v) is 21.8. The van der Waals surface area contributed by atoms with Crippen molar-refractivity contribution in [3.63, 3.8) is 0 Å². The first kappa shape index (κ1) is 21.3. The molecular formula is C21H40N2OSn. The van der Waals surface area contributed by atoms with E-state index in [1.165, 1.54) is 70.2 Å². The average molecular weight is 455 g/mol. The van der Waals surface area contributed by atoms with Crippen LogP contribution in [0.4, 0.5) is 0 Å². The minimum atomic E-state index is -2.46. The van der Waals surface area contributed by atoms with Crippen molar-refractivity contribution in [2.24, 2.45) is 0 Å². The maximum absolute atomic E-state index is 6.16. The number of rotatable bonds is 11. The molecule has 1 atom stereocenters. The zero-order valence-corrected chi connectivity index (χ0v) is 20.0. The van der Waals surface area contributed by atoms with Crippen LogP contribution >= 0.6 is 0 Å². The van der Waals surface area contributed by atoms with Gasteiger partial charge in [0.1, 0.15) is 0 Å². The summed E-state index contributed by atoms with van der Waals surface area (Å²) in [6.45, 7) is 10.3. The Morgan fingerprint density at radius 1 is 1.04 bits per heavy atom. The van der Waals surface area contributed by atoms with Crippen LogP contribution < -0.4 is 3.71 Å². The van der Waals surface area contributed by atoms with Gasteiger partial charge in [-0.1, -0.05) is 0 Å². The normalized spacial score (nSPS) is 18.6. The van der Waals surface area contributed by atoms with Crippen molar-refractivity contribution in [2.45, 2.75) is 105 Å². The van der Waals surface area contributed by atoms with Gasteiger partial charge in [-0.2, -0.15) is 0 Å². The van der Waals surface area contributed by atoms with Gasteiger partial charge in [0.15, 0.2) is 0 Å². The van der Waals surface area contributed by atoms with Crippen LogP contribution in [0.1, 0.15) is 90.3 Å². The molecule has 1 saturated heterocycles. The number of nitrogens with zero attached hydrogens (tertiary/aromatic N) is 2. The molecule has 2 rings (SSSR count). The molecule has 25 heavy (non-hydrogen) atoms. The SMILES string of the molecule is CCC[CH2][Sn]([CH2]CCC)([CH2]CCC)[c]1c(C)cnn1C1CCCCO1. The van der Waals surface area contributed by atoms with Gasteiger partial charge in [0.2, 0.25) is 0 Å². The first-order valence-electron chi connectivity index (χ1n) is 10.8. The van der Waals surface area contributed by atoms with E-state index in [0.29, 0.717) is 0 Å². The molecular weight excluding hydrogens is 415 g/mol. The molecule has 4 heteroatoms. The fraction of sp³-hybridized carbons (Fsp3) is 0.857. The first-order valence-corrected chi connectivity index (χ1v) is 18.3. The van der Waals surface area contributed by atoms with Crippen LogP contribution in [0.25, 0.3) is 0 Å². The van der Waals surface area contributed by atoms with E-state index in [-0.39, 0.29) is 6.23 Å². The molecule has 1 fully saturated rings. The van der Waals surface area contributed by atoms with Crippen LogP contribution in [0.5, 0.6) is 0 Å². The monoisotopic (exact) mass is 456 g/mol. The molecule has 1 aliphatic rings. The van der Waals surface area contributed by atoms with Gasteiger partial charge in [-0.05, 0) is 0 Å². The maximum atomic E-state index is 6.16. The Morgan fingerprint density at radius 3 is 2.12 bits per heavy atom. The van der Waals surface area contributed by atoms with Crippen molar-refractivity contribution in [3.05, 3.63) is 11.8 Å². The Kier molecular flexibility index (Phi) is 9.32. The quantitative estimate of drug-likeness (QED) is 0.386. The second-order valence-electron chi connectivity index (χ2n) is 8.03. The Morgan fingerprint density at radius 2 is 1.64 bits per heavy atom. The topological polar surface area (TPSA) is 27.1 Å². The van der Waals surface area contributed by atoms with Crippen molar-refractivity contribution >= 4 is 22.1 Å². The Labute approximate surface area is 159 Å². The van der Waals surface area contributed by atoms with E-state index in [1.807, 2.05) is 0 Å². The predicted molar refractivity (Wildman–Crippen MR) is 110 cm³/mol. The van der Waals surface area contributed by atoms with Gasteiger partial charge in [-0.15, -0.1) is 0 Å². The number of hydrogen-bond donors (Lipinski definition) is 0. The molecule has 1 aromatic rings. The fourth-order valence-electron chi connectivity index (χ4n) is 4.52. The molecule has 3 nitrogen and oxygen atoms in total. The van der Waals surface area contributed by atoms with Crippen LogP contribution in [0.3, 0.4) is 0 Å². The van der Waals surface area contributed by atoms with Gasteiger partial charge in [0.25, 0.3) is 0 Å². The van der Waals surface area contributed by atoms with E-state index >= 15 is 0 Å². The van der Waals surface area contributed by atoms with Crippen molar-refractivity contribution in [1.82, 2.24) is 9.78 Å². The first-order chi connectivity index (χ1) is 12.2. The van der Waals surface area contributed by atoms with Gasteiger partial charge in [-0.25, -0.2) is 0 Å². The summed E-state index contributed by atoms with van der Waals surface area (Å²) in [6.07, 6.45) is 14.2. The van der Waals surface area contributed by atoms with Crippen LogP contribution in [0.15, 0.2) is 6.20 Å². The summed E-state index contributed by atoms with van der Waals surface area (Å²) in [5, 5.41) is 4.87. The van der Waals surface area contributed by atoms with Crippen molar-refractivity contribution in [2.75, 3.05) is 6.61 Å². The number of aryl methyl sites for hydroxylation is 1. The second-order valence-corrected chi connectivity index (χ2v) is 21.0. The van der Waals surface area contributed by atoms with Crippen LogP contribution in [-0.2, 0) is 4.74 Å². The summed E-state index contributed by atoms with van der Waals surface area (Å²) in [4.78, 5) is 0. The number of aromatic nitrogens is 2. The molecule has 0 amide bonds. The predicted octanol–water partition coefficient (Wildman–Crippen LogP) is 5.95. The van der Waals surface area contributed by atoms with E-state index in [2.05, 4.69) is 38.6 Å². The van der Waals surface area contributed by atoms with Crippen LogP contribution in [0.2, 0.25) is 13.3 Å². The molecule has 1 aromatic heterocycles. The van der Waals surface area contributed by atoms with Gasteiger partial charge >= 0.3 is 160 Å². The van der Waals surface area contributed by atoms with E-state index in [0.717, 1.165) is 13.0 Å². The number of hydrogen-bond acceptors (Lipinski definition) is 2. The van der Waals surface area contributed by atoms with Crippen LogP contribution in [0, 0.1) is 6.92 Å². The van der Waals surface area contributed by atoms with E-state index < -0.39 is 18.4 Å². The van der Waals surface area contributed by atoms with Gasteiger partial charge in [-0.3, -0.25) is 0 Å². The third-order valence-electron chi connectivity index (χ3n) is 5.94. The molecule has 144 valence electrons. The molecule has 0 radical (unpaired) electrons. The van der Waals surface area contributed by atoms with E-state index in [4.69, 9.17) is 9.84 Å². The van der Waals surface area contributed by atoms with Gasteiger partial charge in [0.05, 0.1) is 0 Å². The molecule has 0 N–H and O–H groups in total. The molecule has 0 saturated carbocycles. The molecule has 0 aliphatic carbocycles.